The normalized spacial score (nSPS) is 10.1. The third kappa shape index (κ3) is 2.77. The molecule has 2 rings (SSSR count). The monoisotopic (exact) mass is 269 g/mol. The van der Waals surface area contributed by atoms with Crippen molar-refractivity contribution in [3.8, 4) is 0 Å². The highest BCUT2D eigenvalue weighted by Crippen LogP contribution is 2.17. The van der Waals surface area contributed by atoms with Gasteiger partial charge in [-0.2, -0.15) is 0 Å². The van der Waals surface area contributed by atoms with Crippen molar-refractivity contribution in [1.82, 2.24) is 0 Å². The van der Waals surface area contributed by atoms with Crippen LogP contribution in [0.5, 0.6) is 0 Å². The van der Waals surface area contributed by atoms with Gasteiger partial charge in [-0.1, -0.05) is 24.3 Å². The number of nitrogens with two attached hydrogens (primary N) is 1. The fourth-order valence-corrected chi connectivity index (χ4v) is 1.75. The van der Waals surface area contributed by atoms with Gasteiger partial charge in [0.15, 0.2) is 0 Å². The molecule has 0 aromatic heterocycles. The molecule has 5 heteroatoms. The molecule has 2 aromatic rings. The Hall–Kier alpha value is -2.82. The molecule has 0 bridgehead atoms. The van der Waals surface area contributed by atoms with Gasteiger partial charge in [-0.15, -0.1) is 0 Å². The van der Waals surface area contributed by atoms with Gasteiger partial charge < -0.3 is 21.0 Å². The number of amides is 1. The minimum absolute atomic E-state index is 0.0686. The number of para-hydroxylation sites is 1. The number of rotatable bonds is 3. The van der Waals surface area contributed by atoms with Crippen LogP contribution in [-0.4, -0.2) is 11.9 Å². The number of aromatic carboxylic acids is 1. The summed E-state index contributed by atoms with van der Waals surface area (Å²) in [5.74, 6) is -1.77. The molecule has 3 N–H and O–H groups in total. The highest BCUT2D eigenvalue weighted by Gasteiger charge is 2.10. The van der Waals surface area contributed by atoms with Crippen molar-refractivity contribution in [3.63, 3.8) is 0 Å². The van der Waals surface area contributed by atoms with Crippen LogP contribution in [0.1, 0.15) is 26.3 Å². The number of carboxylic acid groups (broad SMARTS) is 1. The fourth-order valence-electron chi connectivity index (χ4n) is 1.75. The lowest BCUT2D eigenvalue weighted by Gasteiger charge is -2.12. The maximum Gasteiger partial charge on any atom is 0.255 e. The van der Waals surface area contributed by atoms with Crippen LogP contribution in [0.4, 0.5) is 11.4 Å². The van der Waals surface area contributed by atoms with Gasteiger partial charge in [0.25, 0.3) is 5.91 Å². The largest absolute Gasteiger partial charge is 0.545 e. The second-order valence-corrected chi connectivity index (χ2v) is 4.36. The van der Waals surface area contributed by atoms with E-state index in [4.69, 9.17) is 5.73 Å². The van der Waals surface area contributed by atoms with E-state index in [1.807, 2.05) is 6.92 Å². The highest BCUT2D eigenvalue weighted by atomic mass is 16.4. The first-order valence-corrected chi connectivity index (χ1v) is 5.97. The van der Waals surface area contributed by atoms with Crippen LogP contribution in [0.15, 0.2) is 42.5 Å². The van der Waals surface area contributed by atoms with E-state index in [9.17, 15) is 14.7 Å². The predicted molar refractivity (Wildman–Crippen MR) is 74.3 cm³/mol. The molecule has 0 aliphatic rings. The van der Waals surface area contributed by atoms with Gasteiger partial charge in [-0.3, -0.25) is 4.79 Å². The molecule has 0 aliphatic heterocycles. The van der Waals surface area contributed by atoms with Crippen molar-refractivity contribution < 1.29 is 14.7 Å². The minimum Gasteiger partial charge on any atom is -0.545 e. The zero-order valence-corrected chi connectivity index (χ0v) is 10.8. The number of nitrogens with one attached hydrogen (secondary N) is 1. The molecule has 0 heterocycles. The number of carbonyl (C=O) groups is 2. The summed E-state index contributed by atoms with van der Waals surface area (Å²) in [6.45, 7) is 1.84. The lowest BCUT2D eigenvalue weighted by molar-refractivity contribution is -0.254. The summed E-state index contributed by atoms with van der Waals surface area (Å²) >= 11 is 0. The second-order valence-electron chi connectivity index (χ2n) is 4.36. The summed E-state index contributed by atoms with van der Waals surface area (Å²) in [5, 5.41) is 13.5. The number of hydrogen-bond donors (Lipinski definition) is 2. The summed E-state index contributed by atoms with van der Waals surface area (Å²) < 4.78 is 0. The van der Waals surface area contributed by atoms with Gasteiger partial charge in [0.2, 0.25) is 0 Å². The van der Waals surface area contributed by atoms with Crippen LogP contribution in [0.3, 0.4) is 0 Å². The third-order valence-corrected chi connectivity index (χ3v) is 2.94. The Labute approximate surface area is 116 Å². The van der Waals surface area contributed by atoms with Crippen LogP contribution in [0, 0.1) is 6.92 Å². The van der Waals surface area contributed by atoms with Crippen molar-refractivity contribution >= 4 is 23.3 Å². The van der Waals surface area contributed by atoms with E-state index in [1.54, 1.807) is 30.3 Å². The average Bonchev–Trinajstić information content (AvgIpc) is 2.42. The average molecular weight is 269 g/mol. The molecule has 0 radical (unpaired) electrons. The lowest BCUT2D eigenvalue weighted by atomic mass is 10.1. The zero-order valence-electron chi connectivity index (χ0n) is 10.8. The number of benzene rings is 2. The Morgan fingerprint density at radius 1 is 1.15 bits per heavy atom. The lowest BCUT2D eigenvalue weighted by Crippen LogP contribution is -2.24. The molecule has 2 aromatic carbocycles. The number of anilines is 2. The van der Waals surface area contributed by atoms with Crippen molar-refractivity contribution in [1.29, 1.82) is 0 Å². The molecular formula is C15H13N2O3-. The molecular weight excluding hydrogens is 256 g/mol. The van der Waals surface area contributed by atoms with Crippen molar-refractivity contribution in [2.45, 2.75) is 6.92 Å². The third-order valence-electron chi connectivity index (χ3n) is 2.94. The number of carbonyl (C=O) groups excluding carboxylic acids is 2. The number of carboxylic acids is 1. The summed E-state index contributed by atoms with van der Waals surface area (Å²) in [7, 11) is 0. The first kappa shape index (κ1) is 13.6. The minimum atomic E-state index is -1.34. The predicted octanol–water partition coefficient (Wildman–Crippen LogP) is 1.19. The van der Waals surface area contributed by atoms with Crippen LogP contribution in [-0.2, 0) is 0 Å². The summed E-state index contributed by atoms with van der Waals surface area (Å²) in [6.07, 6.45) is 0. The standard InChI is InChI=1S/C15H14N2O3/c1-9-6-7-10(8-12(9)16)14(18)17-13-5-3-2-4-11(13)15(19)20/h2-8H,16H2,1H3,(H,17,18)(H,19,20)/p-1. The molecule has 0 spiro atoms. The van der Waals surface area contributed by atoms with Gasteiger partial charge in [0.05, 0.1) is 11.7 Å². The second kappa shape index (κ2) is 5.44. The van der Waals surface area contributed by atoms with Gasteiger partial charge in [-0.25, -0.2) is 0 Å². The van der Waals surface area contributed by atoms with E-state index in [0.29, 0.717) is 11.3 Å². The zero-order chi connectivity index (χ0) is 14.7. The molecule has 0 saturated heterocycles. The van der Waals surface area contributed by atoms with Gasteiger partial charge in [-0.05, 0) is 30.7 Å². The quantitative estimate of drug-likeness (QED) is 0.818. The maximum absolute atomic E-state index is 12.1. The molecule has 0 aliphatic carbocycles. The van der Waals surface area contributed by atoms with E-state index in [2.05, 4.69) is 5.32 Å². The van der Waals surface area contributed by atoms with Crippen LogP contribution < -0.4 is 16.2 Å². The van der Waals surface area contributed by atoms with E-state index in [-0.39, 0.29) is 11.3 Å². The number of hydrogen-bond acceptors (Lipinski definition) is 4. The summed E-state index contributed by atoms with van der Waals surface area (Å²) in [6, 6.07) is 11.0. The van der Waals surface area contributed by atoms with E-state index in [0.717, 1.165) is 5.56 Å². The molecule has 102 valence electrons. The van der Waals surface area contributed by atoms with Crippen molar-refractivity contribution in [2.75, 3.05) is 11.1 Å². The molecule has 0 saturated carbocycles. The van der Waals surface area contributed by atoms with Crippen molar-refractivity contribution in [2.24, 2.45) is 0 Å². The first-order chi connectivity index (χ1) is 9.49. The Morgan fingerprint density at radius 2 is 1.85 bits per heavy atom. The van der Waals surface area contributed by atoms with Crippen LogP contribution in [0.2, 0.25) is 0 Å². The maximum atomic E-state index is 12.1. The Morgan fingerprint density at radius 3 is 2.50 bits per heavy atom. The van der Waals surface area contributed by atoms with Crippen molar-refractivity contribution in [3.05, 3.63) is 59.2 Å². The smallest absolute Gasteiger partial charge is 0.255 e. The molecule has 0 unspecified atom stereocenters. The SMILES string of the molecule is Cc1ccc(C(=O)Nc2ccccc2C(=O)[O-])cc1N. The topological polar surface area (TPSA) is 95.2 Å². The van der Waals surface area contributed by atoms with Gasteiger partial charge in [0.1, 0.15) is 0 Å². The Bertz CT molecular complexity index is 681. The number of nitrogen functional groups attached to an aromatic ring is 1. The molecule has 20 heavy (non-hydrogen) atoms. The van der Waals surface area contributed by atoms with E-state index >= 15 is 0 Å². The highest BCUT2D eigenvalue weighted by molar-refractivity contribution is 6.07. The van der Waals surface area contributed by atoms with Crippen LogP contribution in [0.25, 0.3) is 0 Å². The molecule has 5 nitrogen and oxygen atoms in total. The fraction of sp³-hybridized carbons (Fsp3) is 0.0667. The molecule has 1 amide bonds. The summed E-state index contributed by atoms with van der Waals surface area (Å²) in [5.41, 5.74) is 7.61. The Kier molecular flexibility index (Phi) is 3.70. The van der Waals surface area contributed by atoms with Crippen LogP contribution >= 0.6 is 0 Å². The molecule has 0 fully saturated rings. The van der Waals surface area contributed by atoms with E-state index in [1.165, 1.54) is 12.1 Å². The molecule has 0 atom stereocenters. The van der Waals surface area contributed by atoms with Gasteiger partial charge in [0, 0.05) is 16.8 Å². The van der Waals surface area contributed by atoms with Gasteiger partial charge >= 0.3 is 0 Å². The Balaban J connectivity index is 2.28. The summed E-state index contributed by atoms with van der Waals surface area (Å²) in [4.78, 5) is 23.0. The first-order valence-electron chi connectivity index (χ1n) is 5.97. The number of aryl methyl sites for hydroxylation is 1. The van der Waals surface area contributed by atoms with E-state index < -0.39 is 11.9 Å².